The molecule has 0 saturated carbocycles. The quantitative estimate of drug-likeness (QED) is 0.468. The van der Waals surface area contributed by atoms with Gasteiger partial charge in [-0.15, -0.1) is 4.57 Å². The van der Waals surface area contributed by atoms with Gasteiger partial charge in [-0.1, -0.05) is 17.7 Å². The summed E-state index contributed by atoms with van der Waals surface area (Å²) in [5.74, 6) is 0.864. The van der Waals surface area contributed by atoms with E-state index in [2.05, 4.69) is 9.71 Å². The molecule has 10 heteroatoms. The Hall–Kier alpha value is -3.30. The number of hydrogen-bond donors (Lipinski definition) is 1. The third kappa shape index (κ3) is 4.57. The van der Waals surface area contributed by atoms with Gasteiger partial charge < -0.3 is 9.26 Å². The lowest BCUT2D eigenvalue weighted by atomic mass is 10.2. The van der Waals surface area contributed by atoms with E-state index in [4.69, 9.17) is 20.9 Å². The summed E-state index contributed by atoms with van der Waals surface area (Å²) in [5.41, 5.74) is 1.52. The molecule has 0 aliphatic carbocycles. The van der Waals surface area contributed by atoms with Crippen molar-refractivity contribution in [1.29, 1.82) is 0 Å². The molecule has 8 nitrogen and oxygen atoms in total. The minimum absolute atomic E-state index is 0.0326. The SMILES string of the molecule is Cc1ccc(NS(=O)(=O)c2ccc(Cl)cc2)c(OCc2cc(=O)n3oc(C)cc3n2)c1. The van der Waals surface area contributed by atoms with Crippen LogP contribution in [0.15, 0.2) is 68.8 Å². The lowest BCUT2D eigenvalue weighted by Gasteiger charge is -2.14. The van der Waals surface area contributed by atoms with Crippen molar-refractivity contribution in [2.45, 2.75) is 25.3 Å². The van der Waals surface area contributed by atoms with E-state index in [0.717, 1.165) is 10.1 Å². The summed E-state index contributed by atoms with van der Waals surface area (Å²) in [7, 11) is -3.85. The molecule has 160 valence electrons. The van der Waals surface area contributed by atoms with Crippen molar-refractivity contribution in [3.05, 3.63) is 87.0 Å². The van der Waals surface area contributed by atoms with E-state index in [9.17, 15) is 13.2 Å². The molecule has 4 rings (SSSR count). The second-order valence-corrected chi connectivity index (χ2v) is 9.05. The maximum atomic E-state index is 12.7. The van der Waals surface area contributed by atoms with Crippen LogP contribution in [0, 0.1) is 13.8 Å². The van der Waals surface area contributed by atoms with E-state index < -0.39 is 10.0 Å². The summed E-state index contributed by atoms with van der Waals surface area (Å²) in [4.78, 5) is 16.6. The first-order chi connectivity index (χ1) is 14.7. The van der Waals surface area contributed by atoms with E-state index in [0.29, 0.717) is 27.9 Å². The summed E-state index contributed by atoms with van der Waals surface area (Å²) in [6.07, 6.45) is 0. The molecule has 1 N–H and O–H groups in total. The number of anilines is 1. The molecule has 2 heterocycles. The third-order valence-electron chi connectivity index (χ3n) is 4.41. The van der Waals surface area contributed by atoms with Crippen molar-refractivity contribution in [3.63, 3.8) is 0 Å². The number of rotatable bonds is 6. The Kier molecular flexibility index (Phi) is 5.47. The normalized spacial score (nSPS) is 11.6. The van der Waals surface area contributed by atoms with Crippen LogP contribution >= 0.6 is 11.6 Å². The van der Waals surface area contributed by atoms with Gasteiger partial charge in [0.25, 0.3) is 15.6 Å². The monoisotopic (exact) mass is 459 g/mol. The van der Waals surface area contributed by atoms with Crippen LogP contribution in [0.2, 0.25) is 5.02 Å². The molecule has 0 fully saturated rings. The molecule has 0 saturated heterocycles. The highest BCUT2D eigenvalue weighted by Gasteiger charge is 2.17. The fourth-order valence-electron chi connectivity index (χ4n) is 2.95. The lowest BCUT2D eigenvalue weighted by Crippen LogP contribution is -2.15. The number of nitrogens with one attached hydrogen (secondary N) is 1. The summed E-state index contributed by atoms with van der Waals surface area (Å²) in [5, 5.41) is 0.437. The summed E-state index contributed by atoms with van der Waals surface area (Å²) in [6.45, 7) is 3.54. The van der Waals surface area contributed by atoms with Crippen molar-refractivity contribution in [2.75, 3.05) is 4.72 Å². The van der Waals surface area contributed by atoms with Crippen LogP contribution in [0.3, 0.4) is 0 Å². The van der Waals surface area contributed by atoms with Crippen LogP contribution in [0.1, 0.15) is 17.0 Å². The number of hydrogen-bond acceptors (Lipinski definition) is 6. The van der Waals surface area contributed by atoms with Crippen molar-refractivity contribution in [1.82, 2.24) is 9.56 Å². The molecule has 0 aliphatic rings. The highest BCUT2D eigenvalue weighted by Crippen LogP contribution is 2.29. The fraction of sp³-hybridized carbons (Fsp3) is 0.143. The maximum Gasteiger partial charge on any atom is 0.287 e. The van der Waals surface area contributed by atoms with Gasteiger partial charge in [0.05, 0.1) is 16.3 Å². The average Bonchev–Trinajstić information content (AvgIpc) is 3.09. The molecule has 0 atom stereocenters. The highest BCUT2D eigenvalue weighted by molar-refractivity contribution is 7.92. The zero-order chi connectivity index (χ0) is 22.2. The van der Waals surface area contributed by atoms with Crippen molar-refractivity contribution < 1.29 is 17.7 Å². The second kappa shape index (κ2) is 8.09. The van der Waals surface area contributed by atoms with Gasteiger partial charge in [-0.05, 0) is 55.8 Å². The average molecular weight is 460 g/mol. The number of sulfonamides is 1. The largest absolute Gasteiger partial charge is 0.485 e. The topological polar surface area (TPSA) is 103 Å². The standard InChI is InChI=1S/C21H18ClN3O5S/c1-13-3-8-18(24-31(27,28)17-6-4-15(22)5-7-17)19(9-13)29-12-16-11-21(26)25-20(23-16)10-14(2)30-25/h3-11,24H,12H2,1-2H3. The zero-order valence-electron chi connectivity index (χ0n) is 16.6. The van der Waals surface area contributed by atoms with Crippen molar-refractivity contribution in [2.24, 2.45) is 0 Å². The molecule has 0 radical (unpaired) electrons. The smallest absolute Gasteiger partial charge is 0.287 e. The van der Waals surface area contributed by atoms with E-state index in [1.807, 2.05) is 6.92 Å². The van der Waals surface area contributed by atoms with Crippen LogP contribution < -0.4 is 15.0 Å². The van der Waals surface area contributed by atoms with E-state index >= 15 is 0 Å². The number of nitrogens with zero attached hydrogens (tertiary/aromatic N) is 2. The molecule has 2 aromatic carbocycles. The number of aryl methyl sites for hydroxylation is 2. The van der Waals surface area contributed by atoms with Gasteiger partial charge in [-0.25, -0.2) is 13.4 Å². The zero-order valence-corrected chi connectivity index (χ0v) is 18.2. The minimum atomic E-state index is -3.85. The number of halogens is 1. The second-order valence-electron chi connectivity index (χ2n) is 6.93. The molecule has 0 spiro atoms. The summed E-state index contributed by atoms with van der Waals surface area (Å²) < 4.78 is 40.2. The molecule has 0 unspecified atom stereocenters. The Morgan fingerprint density at radius 3 is 2.58 bits per heavy atom. The maximum absolute atomic E-state index is 12.7. The van der Waals surface area contributed by atoms with Crippen LogP contribution in [-0.2, 0) is 16.6 Å². The number of ether oxygens (including phenoxy) is 1. The van der Waals surface area contributed by atoms with E-state index in [1.165, 1.54) is 30.3 Å². The third-order valence-corrected chi connectivity index (χ3v) is 6.04. The first kappa shape index (κ1) is 21.0. The van der Waals surface area contributed by atoms with Gasteiger partial charge in [0.15, 0.2) is 5.65 Å². The number of fused-ring (bicyclic) bond motifs is 1. The predicted octanol–water partition coefficient (Wildman–Crippen LogP) is 3.94. The molecule has 2 aromatic heterocycles. The van der Waals surface area contributed by atoms with Gasteiger partial charge in [-0.2, -0.15) is 0 Å². The number of benzene rings is 2. The summed E-state index contributed by atoms with van der Waals surface area (Å²) in [6, 6.07) is 13.9. The number of aromatic nitrogens is 2. The molecular formula is C21H18ClN3O5S. The Morgan fingerprint density at radius 2 is 1.84 bits per heavy atom. The Bertz CT molecular complexity index is 1430. The van der Waals surface area contributed by atoms with Crippen molar-refractivity contribution >= 4 is 33.0 Å². The Balaban J connectivity index is 1.60. The van der Waals surface area contributed by atoms with Crippen molar-refractivity contribution in [3.8, 4) is 5.75 Å². The van der Waals surface area contributed by atoms with E-state index in [-0.39, 0.29) is 22.7 Å². The minimum Gasteiger partial charge on any atom is -0.485 e. The van der Waals surface area contributed by atoms with Gasteiger partial charge in [0.1, 0.15) is 18.1 Å². The molecular weight excluding hydrogens is 442 g/mol. The fourth-order valence-corrected chi connectivity index (χ4v) is 4.15. The van der Waals surface area contributed by atoms with Crippen LogP contribution in [0.5, 0.6) is 5.75 Å². The van der Waals surface area contributed by atoms with Gasteiger partial charge in [0.2, 0.25) is 0 Å². The molecule has 0 aliphatic heterocycles. The molecule has 0 amide bonds. The van der Waals surface area contributed by atoms with Crippen LogP contribution in [0.25, 0.3) is 5.65 Å². The highest BCUT2D eigenvalue weighted by atomic mass is 35.5. The van der Waals surface area contributed by atoms with Gasteiger partial charge in [-0.3, -0.25) is 9.52 Å². The Labute approximate surface area is 183 Å². The first-order valence-corrected chi connectivity index (χ1v) is 11.1. The van der Waals surface area contributed by atoms with Gasteiger partial charge in [0, 0.05) is 17.2 Å². The molecule has 31 heavy (non-hydrogen) atoms. The first-order valence-electron chi connectivity index (χ1n) is 9.23. The molecule has 0 bridgehead atoms. The van der Waals surface area contributed by atoms with E-state index in [1.54, 1.807) is 31.2 Å². The molecule has 4 aromatic rings. The van der Waals surface area contributed by atoms with Crippen LogP contribution in [-0.4, -0.2) is 18.0 Å². The lowest BCUT2D eigenvalue weighted by molar-refractivity contribution is 0.300. The van der Waals surface area contributed by atoms with Gasteiger partial charge >= 0.3 is 0 Å². The summed E-state index contributed by atoms with van der Waals surface area (Å²) >= 11 is 5.84. The predicted molar refractivity (Wildman–Crippen MR) is 116 cm³/mol. The van der Waals surface area contributed by atoms with Crippen LogP contribution in [0.4, 0.5) is 5.69 Å². The Morgan fingerprint density at radius 1 is 1.10 bits per heavy atom.